The summed E-state index contributed by atoms with van der Waals surface area (Å²) in [6.45, 7) is 6.78. The van der Waals surface area contributed by atoms with Gasteiger partial charge in [0.25, 0.3) is 0 Å². The summed E-state index contributed by atoms with van der Waals surface area (Å²) in [6, 6.07) is 8.70. The summed E-state index contributed by atoms with van der Waals surface area (Å²) in [5.41, 5.74) is 2.56. The van der Waals surface area contributed by atoms with Gasteiger partial charge in [-0.2, -0.15) is 0 Å². The summed E-state index contributed by atoms with van der Waals surface area (Å²) in [5, 5.41) is 0. The number of benzene rings is 1. The average Bonchev–Trinajstić information content (AvgIpc) is 2.48. The molecule has 1 saturated carbocycles. The van der Waals surface area contributed by atoms with E-state index in [1.807, 2.05) is 0 Å². The second kappa shape index (κ2) is 7.06. The number of carbonyl (C=O) groups excluding carboxylic acids is 1. The lowest BCUT2D eigenvalue weighted by Gasteiger charge is -2.20. The molecule has 0 heterocycles. The zero-order valence-electron chi connectivity index (χ0n) is 13.2. The first-order valence-corrected chi connectivity index (χ1v) is 8.19. The molecule has 0 N–H and O–H groups in total. The highest BCUT2D eigenvalue weighted by Gasteiger charge is 2.21. The van der Waals surface area contributed by atoms with E-state index in [0.717, 1.165) is 12.8 Å². The lowest BCUT2D eigenvalue weighted by molar-refractivity contribution is -0.123. The van der Waals surface area contributed by atoms with Crippen LogP contribution in [0.4, 0.5) is 0 Å². The minimum Gasteiger partial charge on any atom is -0.299 e. The minimum absolute atomic E-state index is 0.331. The van der Waals surface area contributed by atoms with Gasteiger partial charge >= 0.3 is 0 Å². The van der Waals surface area contributed by atoms with Crippen molar-refractivity contribution in [3.63, 3.8) is 0 Å². The molecular formula is C19H28O. The predicted octanol–water partition coefficient (Wildman–Crippen LogP) is 5.14. The van der Waals surface area contributed by atoms with Crippen molar-refractivity contribution in [2.75, 3.05) is 0 Å². The summed E-state index contributed by atoms with van der Waals surface area (Å²) >= 11 is 0. The van der Waals surface area contributed by atoms with Gasteiger partial charge in [-0.1, -0.05) is 64.3 Å². The molecule has 110 valence electrons. The molecule has 1 aromatic rings. The van der Waals surface area contributed by atoms with E-state index in [1.54, 1.807) is 0 Å². The van der Waals surface area contributed by atoms with Crippen LogP contribution in [0, 0.1) is 11.8 Å². The van der Waals surface area contributed by atoms with Crippen LogP contribution in [-0.2, 0) is 11.2 Å². The van der Waals surface area contributed by atoms with Crippen LogP contribution in [0.5, 0.6) is 0 Å². The molecule has 1 aliphatic carbocycles. The molecule has 1 fully saturated rings. The standard InChI is InChI=1S/C19H28O/c1-14(2)15(3)17-11-9-16(10-12-17)13-19(20)18-7-5-4-6-8-18/h9-12,14-15,18H,4-8,13H2,1-3H3. The highest BCUT2D eigenvalue weighted by Crippen LogP contribution is 2.27. The Morgan fingerprint density at radius 1 is 1.05 bits per heavy atom. The van der Waals surface area contributed by atoms with Gasteiger partial charge in [0, 0.05) is 12.3 Å². The molecule has 1 aliphatic rings. The molecule has 0 amide bonds. The van der Waals surface area contributed by atoms with Gasteiger partial charge in [0.05, 0.1) is 0 Å². The second-order valence-corrected chi connectivity index (χ2v) is 6.75. The number of Topliss-reactive ketones (excluding diaryl/α,β-unsaturated/α-hetero) is 1. The van der Waals surface area contributed by atoms with E-state index in [9.17, 15) is 4.79 Å². The van der Waals surface area contributed by atoms with Crippen LogP contribution in [0.3, 0.4) is 0 Å². The van der Waals surface area contributed by atoms with E-state index in [4.69, 9.17) is 0 Å². The Morgan fingerprint density at radius 3 is 2.20 bits per heavy atom. The third-order valence-corrected chi connectivity index (χ3v) is 4.94. The fourth-order valence-corrected chi connectivity index (χ4v) is 3.09. The van der Waals surface area contributed by atoms with Crippen molar-refractivity contribution in [3.8, 4) is 0 Å². The predicted molar refractivity (Wildman–Crippen MR) is 85.0 cm³/mol. The molecule has 0 spiro atoms. The Morgan fingerprint density at radius 2 is 1.65 bits per heavy atom. The van der Waals surface area contributed by atoms with Crippen LogP contribution in [0.1, 0.15) is 69.9 Å². The van der Waals surface area contributed by atoms with Crippen molar-refractivity contribution in [1.82, 2.24) is 0 Å². The topological polar surface area (TPSA) is 17.1 Å². The number of hydrogen-bond donors (Lipinski definition) is 0. The Hall–Kier alpha value is -1.11. The van der Waals surface area contributed by atoms with Crippen LogP contribution in [0.25, 0.3) is 0 Å². The van der Waals surface area contributed by atoms with E-state index in [-0.39, 0.29) is 0 Å². The van der Waals surface area contributed by atoms with Crippen molar-refractivity contribution >= 4 is 5.78 Å². The van der Waals surface area contributed by atoms with Crippen LogP contribution < -0.4 is 0 Å². The Kier molecular flexibility index (Phi) is 5.39. The van der Waals surface area contributed by atoms with E-state index < -0.39 is 0 Å². The van der Waals surface area contributed by atoms with Crippen LogP contribution in [0.15, 0.2) is 24.3 Å². The van der Waals surface area contributed by atoms with Crippen molar-refractivity contribution in [2.45, 2.75) is 65.2 Å². The highest BCUT2D eigenvalue weighted by molar-refractivity contribution is 5.83. The fraction of sp³-hybridized carbons (Fsp3) is 0.632. The first-order valence-electron chi connectivity index (χ1n) is 8.19. The summed E-state index contributed by atoms with van der Waals surface area (Å²) in [6.07, 6.45) is 6.64. The third kappa shape index (κ3) is 3.94. The molecule has 20 heavy (non-hydrogen) atoms. The quantitative estimate of drug-likeness (QED) is 0.725. The van der Waals surface area contributed by atoms with Crippen molar-refractivity contribution in [2.24, 2.45) is 11.8 Å². The number of carbonyl (C=O) groups is 1. The smallest absolute Gasteiger partial charge is 0.140 e. The largest absolute Gasteiger partial charge is 0.299 e. The molecule has 0 bridgehead atoms. The van der Waals surface area contributed by atoms with Crippen LogP contribution >= 0.6 is 0 Å². The number of rotatable bonds is 5. The van der Waals surface area contributed by atoms with Gasteiger partial charge in [0.1, 0.15) is 5.78 Å². The highest BCUT2D eigenvalue weighted by atomic mass is 16.1. The zero-order valence-corrected chi connectivity index (χ0v) is 13.2. The molecule has 0 aliphatic heterocycles. The maximum absolute atomic E-state index is 12.3. The summed E-state index contributed by atoms with van der Waals surface area (Å²) in [7, 11) is 0. The first-order chi connectivity index (χ1) is 9.58. The Labute approximate surface area is 123 Å². The summed E-state index contributed by atoms with van der Waals surface area (Å²) in [4.78, 5) is 12.3. The maximum Gasteiger partial charge on any atom is 0.140 e. The van der Waals surface area contributed by atoms with E-state index in [2.05, 4.69) is 45.0 Å². The lowest BCUT2D eigenvalue weighted by Crippen LogP contribution is -2.19. The van der Waals surface area contributed by atoms with Gasteiger partial charge < -0.3 is 0 Å². The molecule has 1 atom stereocenters. The Balaban J connectivity index is 1.94. The monoisotopic (exact) mass is 272 g/mol. The van der Waals surface area contributed by atoms with E-state index in [0.29, 0.717) is 30.0 Å². The van der Waals surface area contributed by atoms with Gasteiger partial charge in [-0.3, -0.25) is 4.79 Å². The normalized spacial score (nSPS) is 18.2. The molecular weight excluding hydrogens is 244 g/mol. The van der Waals surface area contributed by atoms with E-state index >= 15 is 0 Å². The van der Waals surface area contributed by atoms with E-state index in [1.165, 1.54) is 30.4 Å². The van der Waals surface area contributed by atoms with Gasteiger partial charge in [0.15, 0.2) is 0 Å². The molecule has 1 nitrogen and oxygen atoms in total. The summed E-state index contributed by atoms with van der Waals surface area (Å²) in [5.74, 6) is 2.02. The maximum atomic E-state index is 12.3. The molecule has 2 rings (SSSR count). The molecule has 0 saturated heterocycles. The zero-order chi connectivity index (χ0) is 14.5. The summed E-state index contributed by atoms with van der Waals surface area (Å²) < 4.78 is 0. The van der Waals surface area contributed by atoms with Gasteiger partial charge in [-0.05, 0) is 35.8 Å². The van der Waals surface area contributed by atoms with Crippen molar-refractivity contribution < 1.29 is 4.79 Å². The fourth-order valence-electron chi connectivity index (χ4n) is 3.09. The van der Waals surface area contributed by atoms with Crippen molar-refractivity contribution in [3.05, 3.63) is 35.4 Å². The molecule has 1 unspecified atom stereocenters. The van der Waals surface area contributed by atoms with Crippen molar-refractivity contribution in [1.29, 1.82) is 0 Å². The second-order valence-electron chi connectivity index (χ2n) is 6.75. The third-order valence-electron chi connectivity index (χ3n) is 4.94. The lowest BCUT2D eigenvalue weighted by atomic mass is 9.84. The SMILES string of the molecule is CC(C)C(C)c1ccc(CC(=O)C2CCCCC2)cc1. The van der Waals surface area contributed by atoms with Gasteiger partial charge in [-0.15, -0.1) is 0 Å². The van der Waals surface area contributed by atoms with Gasteiger partial charge in [-0.25, -0.2) is 0 Å². The number of hydrogen-bond acceptors (Lipinski definition) is 1. The Bertz CT molecular complexity index is 424. The molecule has 0 aromatic heterocycles. The number of ketones is 1. The average molecular weight is 272 g/mol. The van der Waals surface area contributed by atoms with Crippen LogP contribution in [-0.4, -0.2) is 5.78 Å². The molecule has 1 heteroatoms. The van der Waals surface area contributed by atoms with Crippen LogP contribution in [0.2, 0.25) is 0 Å². The molecule has 1 aromatic carbocycles. The van der Waals surface area contributed by atoms with Gasteiger partial charge in [0.2, 0.25) is 0 Å². The first kappa shape index (κ1) is 15.3. The molecule has 0 radical (unpaired) electrons. The minimum atomic E-state index is 0.331.